The van der Waals surface area contributed by atoms with Gasteiger partial charge in [0.05, 0.1) is 15.7 Å². The smallest absolute Gasteiger partial charge is 0.266 e. The van der Waals surface area contributed by atoms with Crippen LogP contribution in [0.1, 0.15) is 6.42 Å². The second-order valence-electron chi connectivity index (χ2n) is 4.56. The minimum Gasteiger partial charge on any atom is -0.383 e. The van der Waals surface area contributed by atoms with Gasteiger partial charge in [-0.05, 0) is 24.6 Å². The van der Waals surface area contributed by atoms with Crippen molar-refractivity contribution >= 4 is 55.9 Å². The lowest BCUT2D eigenvalue weighted by Gasteiger charge is -2.23. The second-order valence-corrected chi connectivity index (χ2v) is 8.68. The number of para-hydroxylation sites is 2. The Labute approximate surface area is 137 Å². The summed E-state index contributed by atoms with van der Waals surface area (Å²) in [5.74, 6) is 0. The fourth-order valence-corrected chi connectivity index (χ4v) is 5.91. The highest BCUT2D eigenvalue weighted by Gasteiger charge is 2.31. The summed E-state index contributed by atoms with van der Waals surface area (Å²) in [5.41, 5.74) is 1.43. The molecule has 4 nitrogen and oxygen atoms in total. The summed E-state index contributed by atoms with van der Waals surface area (Å²) in [6, 6.07) is 8.75. The normalized spacial score (nSPS) is 15.2. The summed E-state index contributed by atoms with van der Waals surface area (Å²) in [7, 11) is -3.72. The van der Waals surface area contributed by atoms with Crippen molar-refractivity contribution in [1.82, 2.24) is 0 Å². The molecule has 8 heteroatoms. The van der Waals surface area contributed by atoms with Crippen molar-refractivity contribution in [3.63, 3.8) is 0 Å². The highest BCUT2D eigenvalue weighted by atomic mass is 35.5. The number of thiophene rings is 1. The van der Waals surface area contributed by atoms with Crippen LogP contribution in [0.15, 0.2) is 35.2 Å². The molecule has 0 saturated carbocycles. The minimum absolute atomic E-state index is 0.0656. The van der Waals surface area contributed by atoms with Crippen molar-refractivity contribution in [2.75, 3.05) is 22.7 Å². The van der Waals surface area contributed by atoms with Gasteiger partial charge in [-0.1, -0.05) is 35.3 Å². The number of hydrogen-bond donors (Lipinski definition) is 1. The molecule has 1 N–H and O–H groups in total. The maximum absolute atomic E-state index is 12.9. The lowest BCUT2D eigenvalue weighted by atomic mass is 10.2. The molecule has 2 aromatic rings. The Morgan fingerprint density at radius 2 is 2.00 bits per heavy atom. The highest BCUT2D eigenvalue weighted by molar-refractivity contribution is 7.93. The molecule has 0 atom stereocenters. The van der Waals surface area contributed by atoms with Crippen LogP contribution in [0.4, 0.5) is 11.4 Å². The molecule has 21 heavy (non-hydrogen) atoms. The van der Waals surface area contributed by atoms with E-state index in [9.17, 15) is 8.42 Å². The first-order chi connectivity index (χ1) is 10.00. The van der Waals surface area contributed by atoms with Gasteiger partial charge in [-0.2, -0.15) is 0 Å². The van der Waals surface area contributed by atoms with Gasteiger partial charge in [-0.3, -0.25) is 4.31 Å². The molecule has 0 radical (unpaired) electrons. The third kappa shape index (κ3) is 2.73. The third-order valence-corrected chi connectivity index (χ3v) is 6.79. The summed E-state index contributed by atoms with van der Waals surface area (Å²) in [4.78, 5) is 0.0656. The van der Waals surface area contributed by atoms with Crippen LogP contribution >= 0.6 is 34.5 Å². The lowest BCUT2D eigenvalue weighted by molar-refractivity contribution is 0.590. The maximum Gasteiger partial charge on any atom is 0.266 e. The Morgan fingerprint density at radius 3 is 2.71 bits per heavy atom. The highest BCUT2D eigenvalue weighted by Crippen LogP contribution is 2.39. The Kier molecular flexibility index (Phi) is 4.05. The van der Waals surface area contributed by atoms with E-state index in [0.717, 1.165) is 23.6 Å². The minimum atomic E-state index is -3.72. The summed E-state index contributed by atoms with van der Waals surface area (Å²) in [6.07, 6.45) is 0.712. The van der Waals surface area contributed by atoms with E-state index in [2.05, 4.69) is 5.32 Å². The van der Waals surface area contributed by atoms with Crippen LogP contribution in [-0.4, -0.2) is 21.5 Å². The molecule has 1 aromatic carbocycles. The second kappa shape index (κ2) is 5.68. The Morgan fingerprint density at radius 1 is 1.24 bits per heavy atom. The quantitative estimate of drug-likeness (QED) is 0.875. The van der Waals surface area contributed by atoms with E-state index in [1.54, 1.807) is 6.07 Å². The fraction of sp³-hybridized carbons (Fsp3) is 0.231. The first kappa shape index (κ1) is 15.0. The summed E-state index contributed by atoms with van der Waals surface area (Å²) in [5, 5.41) is 3.24. The molecule has 3 rings (SSSR count). The number of benzene rings is 1. The third-order valence-electron chi connectivity index (χ3n) is 3.22. The number of rotatable bonds is 2. The molecule has 0 bridgehead atoms. The topological polar surface area (TPSA) is 49.4 Å². The van der Waals surface area contributed by atoms with E-state index < -0.39 is 10.0 Å². The van der Waals surface area contributed by atoms with E-state index in [1.807, 2.05) is 18.2 Å². The zero-order valence-electron chi connectivity index (χ0n) is 10.8. The van der Waals surface area contributed by atoms with E-state index in [1.165, 1.54) is 10.4 Å². The van der Waals surface area contributed by atoms with Crippen LogP contribution < -0.4 is 9.62 Å². The van der Waals surface area contributed by atoms with Gasteiger partial charge in [0.25, 0.3) is 10.0 Å². The molecular formula is C13H12Cl2N2O2S2. The summed E-state index contributed by atoms with van der Waals surface area (Å²) in [6.45, 7) is 1.12. The number of fused-ring (bicyclic) bond motifs is 1. The number of nitrogens with one attached hydrogen (secondary N) is 1. The Bertz CT molecular complexity index is 774. The molecule has 0 unspecified atom stereocenters. The molecule has 0 fully saturated rings. The maximum atomic E-state index is 12.9. The van der Waals surface area contributed by atoms with Crippen LogP contribution in [-0.2, 0) is 10.0 Å². The molecule has 0 aliphatic carbocycles. The predicted octanol–water partition coefficient (Wildman–Crippen LogP) is 4.07. The standard InChI is InChI=1S/C13H12Cl2N2O2S2/c14-12-8-11(13(15)20-12)21(18,19)17-7-3-6-16-9-4-1-2-5-10(9)17/h1-2,4-5,8,16H,3,6-7H2. The van der Waals surface area contributed by atoms with Crippen molar-refractivity contribution in [1.29, 1.82) is 0 Å². The first-order valence-corrected chi connectivity index (χ1v) is 9.32. The lowest BCUT2D eigenvalue weighted by Crippen LogP contribution is -2.31. The van der Waals surface area contributed by atoms with Crippen LogP contribution in [0.25, 0.3) is 0 Å². The van der Waals surface area contributed by atoms with Crippen molar-refractivity contribution in [3.8, 4) is 0 Å². The molecular weight excluding hydrogens is 351 g/mol. The van der Waals surface area contributed by atoms with Crippen LogP contribution in [0.5, 0.6) is 0 Å². The van der Waals surface area contributed by atoms with E-state index in [-0.39, 0.29) is 9.23 Å². The van der Waals surface area contributed by atoms with Gasteiger partial charge in [0.15, 0.2) is 0 Å². The van der Waals surface area contributed by atoms with Gasteiger partial charge in [0.2, 0.25) is 0 Å². The Hall–Kier alpha value is -0.950. The molecule has 0 saturated heterocycles. The number of hydrogen-bond acceptors (Lipinski definition) is 4. The first-order valence-electron chi connectivity index (χ1n) is 6.30. The van der Waals surface area contributed by atoms with Crippen LogP contribution in [0.3, 0.4) is 0 Å². The molecule has 1 aliphatic rings. The van der Waals surface area contributed by atoms with Gasteiger partial charge >= 0.3 is 0 Å². The van der Waals surface area contributed by atoms with Crippen molar-refractivity contribution in [2.45, 2.75) is 11.3 Å². The Balaban J connectivity index is 2.13. The fourth-order valence-electron chi connectivity index (χ4n) is 2.28. The summed E-state index contributed by atoms with van der Waals surface area (Å²) >= 11 is 13.0. The molecule has 112 valence electrons. The monoisotopic (exact) mass is 362 g/mol. The molecule has 1 aliphatic heterocycles. The van der Waals surface area contributed by atoms with Gasteiger partial charge in [-0.15, -0.1) is 11.3 Å². The predicted molar refractivity (Wildman–Crippen MR) is 88.4 cm³/mol. The van der Waals surface area contributed by atoms with Gasteiger partial charge in [0.1, 0.15) is 9.23 Å². The van der Waals surface area contributed by atoms with Gasteiger partial charge in [-0.25, -0.2) is 8.42 Å². The van der Waals surface area contributed by atoms with E-state index >= 15 is 0 Å². The molecule has 1 aromatic heterocycles. The summed E-state index contributed by atoms with van der Waals surface area (Å²) < 4.78 is 27.7. The van der Waals surface area contributed by atoms with E-state index in [4.69, 9.17) is 23.2 Å². The number of nitrogens with zero attached hydrogens (tertiary/aromatic N) is 1. The average Bonchev–Trinajstić information content (AvgIpc) is 2.68. The number of anilines is 2. The van der Waals surface area contributed by atoms with Crippen LogP contribution in [0, 0.1) is 0 Å². The van der Waals surface area contributed by atoms with Gasteiger partial charge < -0.3 is 5.32 Å². The number of halogens is 2. The van der Waals surface area contributed by atoms with Gasteiger partial charge in [0, 0.05) is 13.1 Å². The molecule has 2 heterocycles. The molecule has 0 spiro atoms. The zero-order chi connectivity index (χ0) is 15.0. The number of sulfonamides is 1. The molecule has 0 amide bonds. The van der Waals surface area contributed by atoms with Crippen LogP contribution in [0.2, 0.25) is 8.67 Å². The average molecular weight is 363 g/mol. The zero-order valence-corrected chi connectivity index (χ0v) is 14.0. The van der Waals surface area contributed by atoms with Crippen molar-refractivity contribution < 1.29 is 8.42 Å². The largest absolute Gasteiger partial charge is 0.383 e. The van der Waals surface area contributed by atoms with Crippen molar-refractivity contribution in [3.05, 3.63) is 39.0 Å². The SMILES string of the molecule is O=S(=O)(c1cc(Cl)sc1Cl)N1CCCNc2ccccc21. The van der Waals surface area contributed by atoms with Crippen molar-refractivity contribution in [2.24, 2.45) is 0 Å². The van der Waals surface area contributed by atoms with E-state index in [0.29, 0.717) is 23.0 Å².